The molecule has 1 atom stereocenters. The lowest BCUT2D eigenvalue weighted by atomic mass is 10.1. The Kier molecular flexibility index (Phi) is 5.87. The molecule has 2 nitrogen and oxygen atoms in total. The van der Waals surface area contributed by atoms with Crippen molar-refractivity contribution in [1.29, 1.82) is 0 Å². The smallest absolute Gasteiger partial charge is 0.261 e. The Bertz CT molecular complexity index is 305. The minimum atomic E-state index is -2.44. The highest BCUT2D eigenvalue weighted by Crippen LogP contribution is 2.20. The van der Waals surface area contributed by atoms with Crippen LogP contribution in [0.4, 0.5) is 8.78 Å². The number of halogens is 3. The molecule has 0 fully saturated rings. The first-order valence-corrected chi connectivity index (χ1v) is 5.72. The van der Waals surface area contributed by atoms with Gasteiger partial charge in [-0.2, -0.15) is 0 Å². The largest absolute Gasteiger partial charge is 0.366 e. The van der Waals surface area contributed by atoms with Crippen molar-refractivity contribution >= 4 is 15.9 Å². The molecule has 0 aliphatic heterocycles. The molecule has 90 valence electrons. The van der Waals surface area contributed by atoms with Crippen LogP contribution in [0.2, 0.25) is 0 Å². The van der Waals surface area contributed by atoms with E-state index >= 15 is 0 Å². The summed E-state index contributed by atoms with van der Waals surface area (Å²) in [6.45, 7) is -0.0310. The molecule has 0 heterocycles. The molecule has 1 rings (SSSR count). The fourth-order valence-corrected chi connectivity index (χ4v) is 1.59. The molecule has 0 amide bonds. The second-order valence-corrected chi connectivity index (χ2v) is 4.24. The van der Waals surface area contributed by atoms with Crippen molar-refractivity contribution in [3.05, 3.63) is 34.3 Å². The van der Waals surface area contributed by atoms with Gasteiger partial charge in [-0.1, -0.05) is 28.1 Å². The van der Waals surface area contributed by atoms with Crippen LogP contribution in [0.5, 0.6) is 0 Å². The lowest BCUT2D eigenvalue weighted by molar-refractivity contribution is -0.0240. The van der Waals surface area contributed by atoms with Crippen LogP contribution in [0, 0.1) is 0 Å². The molecule has 0 saturated carbocycles. The van der Waals surface area contributed by atoms with Gasteiger partial charge in [-0.3, -0.25) is 0 Å². The van der Waals surface area contributed by atoms with Crippen molar-refractivity contribution in [2.24, 2.45) is 0 Å². The average Bonchev–Trinajstić information content (AvgIpc) is 2.25. The molecule has 0 bridgehead atoms. The van der Waals surface area contributed by atoms with Crippen LogP contribution in [0.25, 0.3) is 0 Å². The molecule has 16 heavy (non-hydrogen) atoms. The molecule has 0 aliphatic rings. The summed E-state index contributed by atoms with van der Waals surface area (Å²) in [4.78, 5) is 0. The zero-order valence-electron chi connectivity index (χ0n) is 8.92. The van der Waals surface area contributed by atoms with Gasteiger partial charge in [0.1, 0.15) is 6.61 Å². The van der Waals surface area contributed by atoms with E-state index in [-0.39, 0.29) is 6.10 Å². The predicted molar refractivity (Wildman–Crippen MR) is 62.8 cm³/mol. The zero-order chi connectivity index (χ0) is 12.0. The van der Waals surface area contributed by atoms with Gasteiger partial charge in [0.05, 0.1) is 6.10 Å². The molecule has 0 aliphatic carbocycles. The van der Waals surface area contributed by atoms with Crippen LogP contribution >= 0.6 is 15.9 Å². The van der Waals surface area contributed by atoms with E-state index in [9.17, 15) is 8.78 Å². The Labute approximate surface area is 102 Å². The van der Waals surface area contributed by atoms with Crippen LogP contribution in [-0.4, -0.2) is 26.6 Å². The molecule has 1 aromatic carbocycles. The number of likely N-dealkylation sites (N-methyl/N-ethyl adjacent to an activating group) is 1. The van der Waals surface area contributed by atoms with Crippen molar-refractivity contribution in [2.45, 2.75) is 12.5 Å². The quantitative estimate of drug-likeness (QED) is 0.871. The van der Waals surface area contributed by atoms with E-state index in [1.165, 1.54) is 0 Å². The van der Waals surface area contributed by atoms with Crippen LogP contribution in [0.1, 0.15) is 11.7 Å². The van der Waals surface area contributed by atoms with Gasteiger partial charge < -0.3 is 10.1 Å². The third-order valence-corrected chi connectivity index (χ3v) is 2.58. The van der Waals surface area contributed by atoms with Crippen LogP contribution in [-0.2, 0) is 4.74 Å². The van der Waals surface area contributed by atoms with E-state index in [4.69, 9.17) is 4.74 Å². The summed E-state index contributed by atoms with van der Waals surface area (Å²) in [7, 11) is 1.76. The number of alkyl halides is 2. The summed E-state index contributed by atoms with van der Waals surface area (Å²) in [5, 5.41) is 2.92. The van der Waals surface area contributed by atoms with Crippen LogP contribution in [0.3, 0.4) is 0 Å². The lowest BCUT2D eigenvalue weighted by Gasteiger charge is -2.17. The molecule has 1 N–H and O–H groups in total. The van der Waals surface area contributed by atoms with Crippen LogP contribution in [0.15, 0.2) is 28.7 Å². The maximum Gasteiger partial charge on any atom is 0.261 e. The van der Waals surface area contributed by atoms with Crippen molar-refractivity contribution in [2.75, 3.05) is 20.2 Å². The Morgan fingerprint density at radius 2 is 1.94 bits per heavy atom. The van der Waals surface area contributed by atoms with Gasteiger partial charge in [0, 0.05) is 11.0 Å². The number of nitrogens with one attached hydrogen (secondary N) is 1. The molecule has 0 aromatic heterocycles. The summed E-state index contributed by atoms with van der Waals surface area (Å²) in [5.41, 5.74) is 0.887. The van der Waals surface area contributed by atoms with Gasteiger partial charge >= 0.3 is 0 Å². The van der Waals surface area contributed by atoms with Crippen molar-refractivity contribution in [3.8, 4) is 0 Å². The normalized spacial score (nSPS) is 13.1. The number of hydrogen-bond acceptors (Lipinski definition) is 2. The monoisotopic (exact) mass is 293 g/mol. The third kappa shape index (κ3) is 4.55. The van der Waals surface area contributed by atoms with E-state index in [1.807, 2.05) is 24.3 Å². The summed E-state index contributed by atoms with van der Waals surface area (Å²) >= 11 is 3.32. The molecule has 0 radical (unpaired) electrons. The third-order valence-electron chi connectivity index (χ3n) is 2.05. The number of rotatable bonds is 6. The van der Waals surface area contributed by atoms with Gasteiger partial charge in [-0.25, -0.2) is 8.78 Å². The SMILES string of the molecule is CNCC(OCC(F)F)c1ccc(Br)cc1. The maximum absolute atomic E-state index is 12.1. The van der Waals surface area contributed by atoms with Crippen LogP contribution < -0.4 is 5.32 Å². The highest BCUT2D eigenvalue weighted by atomic mass is 79.9. The molecule has 0 spiro atoms. The molecular weight excluding hydrogens is 280 g/mol. The molecule has 5 heteroatoms. The van der Waals surface area contributed by atoms with E-state index in [0.29, 0.717) is 6.54 Å². The second kappa shape index (κ2) is 6.93. The fraction of sp³-hybridized carbons (Fsp3) is 0.455. The first-order valence-electron chi connectivity index (χ1n) is 4.93. The zero-order valence-corrected chi connectivity index (χ0v) is 10.5. The minimum absolute atomic E-state index is 0.341. The molecule has 1 aromatic rings. The topological polar surface area (TPSA) is 21.3 Å². The van der Waals surface area contributed by atoms with Crippen molar-refractivity contribution < 1.29 is 13.5 Å². The van der Waals surface area contributed by atoms with Crippen molar-refractivity contribution in [3.63, 3.8) is 0 Å². The van der Waals surface area contributed by atoms with E-state index in [0.717, 1.165) is 10.0 Å². The van der Waals surface area contributed by atoms with E-state index in [1.54, 1.807) is 7.05 Å². The number of benzene rings is 1. The Balaban J connectivity index is 2.64. The highest BCUT2D eigenvalue weighted by Gasteiger charge is 2.13. The summed E-state index contributed by atoms with van der Waals surface area (Å²) in [6.07, 6.45) is -2.78. The van der Waals surface area contributed by atoms with Gasteiger partial charge in [0.25, 0.3) is 6.43 Å². The first-order chi connectivity index (χ1) is 7.63. The first kappa shape index (κ1) is 13.5. The van der Waals surface area contributed by atoms with Gasteiger partial charge in [0.15, 0.2) is 0 Å². The van der Waals surface area contributed by atoms with E-state index < -0.39 is 13.0 Å². The highest BCUT2D eigenvalue weighted by molar-refractivity contribution is 9.10. The Morgan fingerprint density at radius 3 is 2.44 bits per heavy atom. The standard InChI is InChI=1S/C11H14BrF2NO/c1-15-6-10(16-7-11(13)14)8-2-4-9(12)5-3-8/h2-5,10-11,15H,6-7H2,1H3. The van der Waals surface area contributed by atoms with Gasteiger partial charge in [0.2, 0.25) is 0 Å². The van der Waals surface area contributed by atoms with E-state index in [2.05, 4.69) is 21.2 Å². The second-order valence-electron chi connectivity index (χ2n) is 3.32. The number of ether oxygens (including phenoxy) is 1. The summed E-state index contributed by atoms with van der Waals surface area (Å²) < 4.78 is 30.2. The van der Waals surface area contributed by atoms with Gasteiger partial charge in [-0.05, 0) is 24.7 Å². The minimum Gasteiger partial charge on any atom is -0.366 e. The Hall–Kier alpha value is -0.520. The average molecular weight is 294 g/mol. The van der Waals surface area contributed by atoms with Gasteiger partial charge in [-0.15, -0.1) is 0 Å². The van der Waals surface area contributed by atoms with Crippen molar-refractivity contribution in [1.82, 2.24) is 5.32 Å². The Morgan fingerprint density at radius 1 is 1.31 bits per heavy atom. The lowest BCUT2D eigenvalue weighted by Crippen LogP contribution is -2.21. The predicted octanol–water partition coefficient (Wildman–Crippen LogP) is 2.99. The number of hydrogen-bond donors (Lipinski definition) is 1. The molecule has 0 saturated heterocycles. The summed E-state index contributed by atoms with van der Waals surface area (Å²) in [5.74, 6) is 0. The summed E-state index contributed by atoms with van der Waals surface area (Å²) in [6, 6.07) is 7.45. The maximum atomic E-state index is 12.1. The fourth-order valence-electron chi connectivity index (χ4n) is 1.32. The molecular formula is C11H14BrF2NO. The molecule has 1 unspecified atom stereocenters.